The first kappa shape index (κ1) is 20.8. The van der Waals surface area contributed by atoms with E-state index >= 15 is 0 Å². The van der Waals surface area contributed by atoms with Crippen LogP contribution in [0.3, 0.4) is 0 Å². The van der Waals surface area contributed by atoms with Crippen LogP contribution in [-0.2, 0) is 16.1 Å². The molecule has 0 saturated heterocycles. The summed E-state index contributed by atoms with van der Waals surface area (Å²) in [7, 11) is 1.50. The Morgan fingerprint density at radius 2 is 1.79 bits per heavy atom. The van der Waals surface area contributed by atoms with Crippen molar-refractivity contribution in [1.29, 1.82) is 0 Å². The highest BCUT2D eigenvalue weighted by Gasteiger charge is 2.17. The van der Waals surface area contributed by atoms with Crippen molar-refractivity contribution in [2.75, 3.05) is 17.7 Å². The van der Waals surface area contributed by atoms with Gasteiger partial charge in [0.1, 0.15) is 11.8 Å². The van der Waals surface area contributed by atoms with Crippen molar-refractivity contribution < 1.29 is 19.1 Å². The zero-order valence-corrected chi connectivity index (χ0v) is 16.0. The molecule has 0 aliphatic carbocycles. The first-order valence-corrected chi connectivity index (χ1v) is 8.74. The normalized spacial score (nSPS) is 11.1. The van der Waals surface area contributed by atoms with Crippen molar-refractivity contribution in [2.45, 2.75) is 26.4 Å². The molecule has 8 nitrogen and oxygen atoms in total. The molecule has 2 aromatic carbocycles. The van der Waals surface area contributed by atoms with Gasteiger partial charge in [0.15, 0.2) is 0 Å². The van der Waals surface area contributed by atoms with Crippen LogP contribution in [0.1, 0.15) is 19.4 Å². The summed E-state index contributed by atoms with van der Waals surface area (Å²) < 4.78 is 5.27. The monoisotopic (exact) mass is 384 g/mol. The number of nitrogens with one attached hydrogen (secondary N) is 4. The van der Waals surface area contributed by atoms with Crippen LogP contribution in [0.4, 0.5) is 16.2 Å². The quantitative estimate of drug-likeness (QED) is 0.586. The van der Waals surface area contributed by atoms with Crippen molar-refractivity contribution >= 4 is 29.2 Å². The van der Waals surface area contributed by atoms with E-state index in [1.165, 1.54) is 14.0 Å². The van der Waals surface area contributed by atoms with Crippen molar-refractivity contribution in [3.05, 3.63) is 54.1 Å². The summed E-state index contributed by atoms with van der Waals surface area (Å²) in [6.45, 7) is 3.33. The fraction of sp³-hybridized carbons (Fsp3) is 0.250. The zero-order valence-electron chi connectivity index (χ0n) is 16.0. The largest absolute Gasteiger partial charge is 0.495 e. The Kier molecular flexibility index (Phi) is 7.38. The van der Waals surface area contributed by atoms with E-state index < -0.39 is 18.0 Å². The number of benzene rings is 2. The van der Waals surface area contributed by atoms with Gasteiger partial charge in [0.2, 0.25) is 11.8 Å². The first-order valence-electron chi connectivity index (χ1n) is 8.74. The lowest BCUT2D eigenvalue weighted by molar-refractivity contribution is -0.120. The minimum Gasteiger partial charge on any atom is -0.495 e. The van der Waals surface area contributed by atoms with E-state index in [2.05, 4.69) is 21.3 Å². The van der Waals surface area contributed by atoms with Gasteiger partial charge < -0.3 is 20.7 Å². The highest BCUT2D eigenvalue weighted by Crippen LogP contribution is 2.28. The Balaban J connectivity index is 1.93. The molecule has 0 heterocycles. The molecule has 0 aliphatic rings. The molecule has 1 atom stereocenters. The van der Waals surface area contributed by atoms with Crippen LogP contribution in [0.15, 0.2) is 48.5 Å². The Morgan fingerprint density at radius 3 is 2.43 bits per heavy atom. The summed E-state index contributed by atoms with van der Waals surface area (Å²) >= 11 is 0. The molecule has 2 aromatic rings. The number of hydrogen-bond acceptors (Lipinski definition) is 5. The van der Waals surface area contributed by atoms with Gasteiger partial charge in [-0.05, 0) is 30.7 Å². The Bertz CT molecular complexity index is 839. The summed E-state index contributed by atoms with van der Waals surface area (Å²) in [6.07, 6.45) is 0. The molecule has 0 radical (unpaired) electrons. The van der Waals surface area contributed by atoms with Gasteiger partial charge >= 0.3 is 6.03 Å². The van der Waals surface area contributed by atoms with Gasteiger partial charge in [0.05, 0.1) is 12.8 Å². The van der Waals surface area contributed by atoms with Gasteiger partial charge in [-0.25, -0.2) is 4.79 Å². The van der Waals surface area contributed by atoms with E-state index in [0.29, 0.717) is 23.7 Å². The third-order valence-corrected chi connectivity index (χ3v) is 3.82. The fourth-order valence-electron chi connectivity index (χ4n) is 2.44. The lowest BCUT2D eigenvalue weighted by Gasteiger charge is -2.18. The van der Waals surface area contributed by atoms with E-state index in [1.807, 2.05) is 30.3 Å². The summed E-state index contributed by atoms with van der Waals surface area (Å²) in [5, 5.41) is 10.6. The summed E-state index contributed by atoms with van der Waals surface area (Å²) in [6, 6.07) is 13.1. The minimum atomic E-state index is -0.719. The van der Waals surface area contributed by atoms with Crippen LogP contribution >= 0.6 is 0 Å². The zero-order chi connectivity index (χ0) is 20.5. The maximum absolute atomic E-state index is 12.3. The molecule has 0 saturated carbocycles. The molecule has 0 fully saturated rings. The second kappa shape index (κ2) is 9.96. The number of carbonyl (C=O) groups is 3. The lowest BCUT2D eigenvalue weighted by Crippen LogP contribution is -2.45. The van der Waals surface area contributed by atoms with Crippen LogP contribution in [0, 0.1) is 0 Å². The number of carbonyl (C=O) groups excluding carboxylic acids is 3. The highest BCUT2D eigenvalue weighted by molar-refractivity contribution is 5.98. The van der Waals surface area contributed by atoms with Crippen LogP contribution in [0.5, 0.6) is 5.75 Å². The summed E-state index contributed by atoms with van der Waals surface area (Å²) in [4.78, 5) is 35.4. The van der Waals surface area contributed by atoms with Gasteiger partial charge in [-0.1, -0.05) is 30.3 Å². The molecule has 4 amide bonds. The highest BCUT2D eigenvalue weighted by atomic mass is 16.5. The van der Waals surface area contributed by atoms with E-state index in [1.54, 1.807) is 25.1 Å². The Hall–Kier alpha value is -3.55. The second-order valence-electron chi connectivity index (χ2n) is 6.12. The average Bonchev–Trinajstić information content (AvgIpc) is 2.67. The van der Waals surface area contributed by atoms with Gasteiger partial charge in [-0.2, -0.15) is 0 Å². The third kappa shape index (κ3) is 6.31. The number of anilines is 2. The van der Waals surface area contributed by atoms with Crippen LogP contribution < -0.4 is 26.0 Å². The molecule has 0 bridgehead atoms. The van der Waals surface area contributed by atoms with E-state index in [-0.39, 0.29) is 5.91 Å². The fourth-order valence-corrected chi connectivity index (χ4v) is 2.44. The molecule has 0 aliphatic heterocycles. The van der Waals surface area contributed by atoms with Crippen LogP contribution in [-0.4, -0.2) is 31.0 Å². The molecule has 148 valence electrons. The molecule has 2 rings (SSSR count). The third-order valence-electron chi connectivity index (χ3n) is 3.82. The molecular formula is C20H24N4O4. The Labute approximate surface area is 163 Å². The van der Waals surface area contributed by atoms with Gasteiger partial charge in [-0.3, -0.25) is 14.9 Å². The summed E-state index contributed by atoms with van der Waals surface area (Å²) in [5.74, 6) is -0.211. The van der Waals surface area contributed by atoms with Gasteiger partial charge in [0.25, 0.3) is 0 Å². The molecule has 28 heavy (non-hydrogen) atoms. The van der Waals surface area contributed by atoms with Gasteiger partial charge in [0, 0.05) is 19.2 Å². The van der Waals surface area contributed by atoms with Crippen molar-refractivity contribution in [3.8, 4) is 5.75 Å². The smallest absolute Gasteiger partial charge is 0.321 e. The van der Waals surface area contributed by atoms with Crippen molar-refractivity contribution in [3.63, 3.8) is 0 Å². The molecule has 4 N–H and O–H groups in total. The minimum absolute atomic E-state index is 0.211. The Morgan fingerprint density at radius 1 is 1.07 bits per heavy atom. The number of imide groups is 1. The lowest BCUT2D eigenvalue weighted by atomic mass is 10.2. The first-order chi connectivity index (χ1) is 13.4. The number of methoxy groups -OCH3 is 1. The van der Waals surface area contributed by atoms with Crippen molar-refractivity contribution in [1.82, 2.24) is 10.6 Å². The number of ether oxygens (including phenoxy) is 1. The van der Waals surface area contributed by atoms with E-state index in [9.17, 15) is 14.4 Å². The maximum Gasteiger partial charge on any atom is 0.321 e. The molecule has 8 heteroatoms. The summed E-state index contributed by atoms with van der Waals surface area (Å²) in [5.41, 5.74) is 2.00. The molecule has 0 aromatic heterocycles. The van der Waals surface area contributed by atoms with Gasteiger partial charge in [-0.15, -0.1) is 0 Å². The number of hydrogen-bond donors (Lipinski definition) is 4. The predicted molar refractivity (Wildman–Crippen MR) is 107 cm³/mol. The second-order valence-corrected chi connectivity index (χ2v) is 6.12. The van der Waals surface area contributed by atoms with Crippen LogP contribution in [0.2, 0.25) is 0 Å². The molecular weight excluding hydrogens is 360 g/mol. The predicted octanol–water partition coefficient (Wildman–Crippen LogP) is 2.48. The standard InChI is InChI=1S/C20H24N4O4/c1-13(19(26)24-20(27)21-12-15-7-5-4-6-8-15)22-17-11-16(23-14(2)25)9-10-18(17)28-3/h4-11,13,22H,12H2,1-3H3,(H,23,25)(H2,21,24,26,27)/t13-/m1/s1. The van der Waals surface area contributed by atoms with Crippen molar-refractivity contribution in [2.24, 2.45) is 0 Å². The number of urea groups is 1. The SMILES string of the molecule is COc1ccc(NC(C)=O)cc1N[C@H](C)C(=O)NC(=O)NCc1ccccc1. The number of amides is 4. The molecule has 0 spiro atoms. The topological polar surface area (TPSA) is 109 Å². The maximum atomic E-state index is 12.3. The number of rotatable bonds is 7. The van der Waals surface area contributed by atoms with E-state index in [0.717, 1.165) is 5.56 Å². The average molecular weight is 384 g/mol. The molecule has 0 unspecified atom stereocenters. The van der Waals surface area contributed by atoms with Crippen LogP contribution in [0.25, 0.3) is 0 Å². The van der Waals surface area contributed by atoms with E-state index in [4.69, 9.17) is 4.74 Å².